The first-order valence-electron chi connectivity index (χ1n) is 9.17. The third-order valence-electron chi connectivity index (χ3n) is 4.34. The smallest absolute Gasteiger partial charge is 0.226 e. The van der Waals surface area contributed by atoms with E-state index in [9.17, 15) is 5.11 Å². The summed E-state index contributed by atoms with van der Waals surface area (Å²) in [4.78, 5) is 18.0. The third-order valence-corrected chi connectivity index (χ3v) is 4.34. The van der Waals surface area contributed by atoms with Crippen molar-refractivity contribution in [2.75, 3.05) is 17.2 Å². The molecule has 0 aromatic carbocycles. The number of rotatable bonds is 7. The van der Waals surface area contributed by atoms with Crippen LogP contribution in [0.2, 0.25) is 0 Å². The molecule has 1 atom stereocenters. The second-order valence-electron chi connectivity index (χ2n) is 7.15. The summed E-state index contributed by atoms with van der Waals surface area (Å²) in [6, 6.07) is 2.29. The topological polar surface area (TPSA) is 101 Å². The van der Waals surface area contributed by atoms with Gasteiger partial charge in [0.2, 0.25) is 5.95 Å². The fourth-order valence-corrected chi connectivity index (χ4v) is 2.82. The van der Waals surface area contributed by atoms with Gasteiger partial charge in [0.25, 0.3) is 0 Å². The van der Waals surface area contributed by atoms with E-state index in [2.05, 4.69) is 57.4 Å². The summed E-state index contributed by atoms with van der Waals surface area (Å²) in [5.74, 6) is 1.12. The van der Waals surface area contributed by atoms with E-state index in [-0.39, 0.29) is 6.04 Å². The zero-order valence-electron chi connectivity index (χ0n) is 16.5. The number of hydrogen-bond donors (Lipinski definition) is 3. The van der Waals surface area contributed by atoms with Gasteiger partial charge in [-0.2, -0.15) is 9.97 Å². The number of aliphatic hydroxyl groups excluding tert-OH is 1. The summed E-state index contributed by atoms with van der Waals surface area (Å²) in [5, 5.41) is 16.0. The molecule has 8 nitrogen and oxygen atoms in total. The van der Waals surface area contributed by atoms with Gasteiger partial charge in [0, 0.05) is 31.0 Å². The average molecular weight is 369 g/mol. The third kappa shape index (κ3) is 4.33. The van der Waals surface area contributed by atoms with Crippen LogP contribution in [0.3, 0.4) is 0 Å². The summed E-state index contributed by atoms with van der Waals surface area (Å²) in [6.45, 7) is 10.9. The minimum atomic E-state index is -0.489. The van der Waals surface area contributed by atoms with Crippen LogP contribution in [0, 0.1) is 13.8 Å². The maximum absolute atomic E-state index is 9.55. The van der Waals surface area contributed by atoms with Crippen LogP contribution < -0.4 is 10.6 Å². The lowest BCUT2D eigenvalue weighted by Gasteiger charge is -2.13. The van der Waals surface area contributed by atoms with Gasteiger partial charge in [-0.05, 0) is 51.8 Å². The maximum Gasteiger partial charge on any atom is 0.226 e. The first-order chi connectivity index (χ1) is 12.8. The molecule has 0 amide bonds. The van der Waals surface area contributed by atoms with E-state index in [0.717, 1.165) is 22.4 Å². The average Bonchev–Trinajstić information content (AvgIpc) is 3.03. The lowest BCUT2D eigenvalue weighted by atomic mass is 10.1. The van der Waals surface area contributed by atoms with Crippen molar-refractivity contribution in [3.8, 4) is 0 Å². The normalized spacial score (nSPS) is 12.6. The van der Waals surface area contributed by atoms with Crippen LogP contribution in [0.15, 0.2) is 18.6 Å². The molecule has 3 rings (SSSR count). The van der Waals surface area contributed by atoms with E-state index >= 15 is 0 Å². The summed E-state index contributed by atoms with van der Waals surface area (Å²) < 4.78 is 2.01. The number of anilines is 2. The van der Waals surface area contributed by atoms with E-state index in [1.807, 2.05) is 17.7 Å². The van der Waals surface area contributed by atoms with Crippen molar-refractivity contribution in [2.45, 2.75) is 53.3 Å². The molecule has 3 N–H and O–H groups in total. The Morgan fingerprint density at radius 1 is 1.11 bits per heavy atom. The molecule has 3 aromatic heterocycles. The molecule has 0 bridgehead atoms. The van der Waals surface area contributed by atoms with Crippen LogP contribution >= 0.6 is 0 Å². The molecule has 3 heterocycles. The predicted molar refractivity (Wildman–Crippen MR) is 107 cm³/mol. The van der Waals surface area contributed by atoms with Crippen molar-refractivity contribution in [2.24, 2.45) is 0 Å². The Morgan fingerprint density at radius 3 is 2.56 bits per heavy atom. The molecular formula is C19H27N7O. The van der Waals surface area contributed by atoms with Crippen molar-refractivity contribution in [1.29, 1.82) is 0 Å². The Morgan fingerprint density at radius 2 is 1.89 bits per heavy atom. The Balaban J connectivity index is 1.94. The van der Waals surface area contributed by atoms with Gasteiger partial charge in [0.15, 0.2) is 17.0 Å². The van der Waals surface area contributed by atoms with Gasteiger partial charge < -0.3 is 20.3 Å². The summed E-state index contributed by atoms with van der Waals surface area (Å²) >= 11 is 0. The van der Waals surface area contributed by atoms with Gasteiger partial charge in [0.05, 0.1) is 12.4 Å². The van der Waals surface area contributed by atoms with Crippen LogP contribution in [0.1, 0.15) is 43.6 Å². The minimum Gasteiger partial charge on any atom is -0.392 e. The van der Waals surface area contributed by atoms with Gasteiger partial charge in [-0.1, -0.05) is 0 Å². The molecule has 0 fully saturated rings. The highest BCUT2D eigenvalue weighted by Crippen LogP contribution is 2.24. The number of pyridine rings is 1. The van der Waals surface area contributed by atoms with E-state index in [4.69, 9.17) is 0 Å². The highest BCUT2D eigenvalue weighted by molar-refractivity contribution is 5.84. The second kappa shape index (κ2) is 7.87. The van der Waals surface area contributed by atoms with Crippen molar-refractivity contribution in [1.82, 2.24) is 24.5 Å². The number of imidazole rings is 1. The van der Waals surface area contributed by atoms with Crippen molar-refractivity contribution in [3.05, 3.63) is 35.4 Å². The lowest BCUT2D eigenvalue weighted by Crippen LogP contribution is -2.18. The van der Waals surface area contributed by atoms with Gasteiger partial charge in [-0.3, -0.25) is 4.98 Å². The molecule has 0 aliphatic heterocycles. The first kappa shape index (κ1) is 19.0. The lowest BCUT2D eigenvalue weighted by molar-refractivity contribution is 0.208. The molecule has 0 radical (unpaired) electrons. The number of aromatic nitrogens is 5. The molecule has 0 saturated heterocycles. The largest absolute Gasteiger partial charge is 0.392 e. The minimum absolute atomic E-state index is 0.228. The number of fused-ring (bicyclic) bond motifs is 1. The monoisotopic (exact) mass is 369 g/mol. The van der Waals surface area contributed by atoms with E-state index < -0.39 is 6.10 Å². The Kier molecular flexibility index (Phi) is 5.55. The fraction of sp³-hybridized carbons (Fsp3) is 0.474. The zero-order valence-corrected chi connectivity index (χ0v) is 16.5. The molecule has 144 valence electrons. The Bertz CT molecular complexity index is 933. The number of nitrogens with zero attached hydrogens (tertiary/aromatic N) is 5. The second-order valence-corrected chi connectivity index (χ2v) is 7.15. The van der Waals surface area contributed by atoms with Crippen molar-refractivity contribution >= 4 is 22.9 Å². The summed E-state index contributed by atoms with van der Waals surface area (Å²) in [7, 11) is 0. The van der Waals surface area contributed by atoms with Crippen LogP contribution in [0.5, 0.6) is 0 Å². The summed E-state index contributed by atoms with van der Waals surface area (Å²) in [6.07, 6.45) is 3.18. The van der Waals surface area contributed by atoms with Gasteiger partial charge in [0.1, 0.15) is 0 Å². The van der Waals surface area contributed by atoms with E-state index in [1.54, 1.807) is 13.3 Å². The number of hydrogen-bond acceptors (Lipinski definition) is 7. The van der Waals surface area contributed by atoms with Gasteiger partial charge in [-0.15, -0.1) is 0 Å². The number of aryl methyl sites for hydroxylation is 2. The molecular weight excluding hydrogens is 342 g/mol. The molecule has 0 saturated carbocycles. The maximum atomic E-state index is 9.55. The van der Waals surface area contributed by atoms with E-state index in [0.29, 0.717) is 24.9 Å². The Labute approximate surface area is 159 Å². The van der Waals surface area contributed by atoms with E-state index in [1.165, 1.54) is 5.56 Å². The molecule has 27 heavy (non-hydrogen) atoms. The van der Waals surface area contributed by atoms with Crippen LogP contribution in [-0.4, -0.2) is 42.3 Å². The molecule has 8 heteroatoms. The predicted octanol–water partition coefficient (Wildman–Crippen LogP) is 2.82. The van der Waals surface area contributed by atoms with Crippen molar-refractivity contribution in [3.63, 3.8) is 0 Å². The molecule has 1 unspecified atom stereocenters. The SMILES string of the molecule is Cc1cc(C)c(CNc2nc(NCC(C)O)nc3c2ncn3C(C)C)cn1. The highest BCUT2D eigenvalue weighted by atomic mass is 16.3. The van der Waals surface area contributed by atoms with Crippen LogP contribution in [0.4, 0.5) is 11.8 Å². The standard InChI is InChI=1S/C19H27N7O/c1-11(2)26-10-23-16-17(21-9-15-8-20-13(4)6-12(15)3)24-19(25-18(16)26)22-7-14(5)27/h6,8,10-11,14,27H,7,9H2,1-5H3,(H2,21,22,24,25). The fourth-order valence-electron chi connectivity index (χ4n) is 2.82. The summed E-state index contributed by atoms with van der Waals surface area (Å²) in [5.41, 5.74) is 4.77. The number of nitrogens with one attached hydrogen (secondary N) is 2. The molecule has 0 aliphatic carbocycles. The first-order valence-corrected chi connectivity index (χ1v) is 9.17. The van der Waals surface area contributed by atoms with Crippen molar-refractivity contribution < 1.29 is 5.11 Å². The zero-order chi connectivity index (χ0) is 19.6. The van der Waals surface area contributed by atoms with Gasteiger partial charge in [-0.25, -0.2) is 4.98 Å². The van der Waals surface area contributed by atoms with Crippen LogP contribution in [-0.2, 0) is 6.54 Å². The Hall–Kier alpha value is -2.74. The molecule has 3 aromatic rings. The quantitative estimate of drug-likeness (QED) is 0.589. The molecule has 0 aliphatic rings. The molecule has 0 spiro atoms. The van der Waals surface area contributed by atoms with Crippen LogP contribution in [0.25, 0.3) is 11.2 Å². The number of aliphatic hydroxyl groups is 1. The highest BCUT2D eigenvalue weighted by Gasteiger charge is 2.15. The van der Waals surface area contributed by atoms with Gasteiger partial charge >= 0.3 is 0 Å².